The summed E-state index contributed by atoms with van der Waals surface area (Å²) < 4.78 is 40.3. The van der Waals surface area contributed by atoms with E-state index in [-0.39, 0.29) is 16.8 Å². The van der Waals surface area contributed by atoms with E-state index in [0.29, 0.717) is 6.54 Å². The topological polar surface area (TPSA) is 58.2 Å². The fourth-order valence-corrected chi connectivity index (χ4v) is 4.19. The molecule has 0 aliphatic heterocycles. The minimum Gasteiger partial charge on any atom is -0.381 e. The van der Waals surface area contributed by atoms with Crippen LogP contribution in [0.25, 0.3) is 0 Å². The molecule has 0 spiro atoms. The van der Waals surface area contributed by atoms with Crippen molar-refractivity contribution in [1.29, 1.82) is 0 Å². The predicted octanol–water partition coefficient (Wildman–Crippen LogP) is 3.66. The third-order valence-electron chi connectivity index (χ3n) is 4.25. The lowest BCUT2D eigenvalue weighted by atomic mass is 10.2. The Bertz CT molecular complexity index is 768. The normalized spacial score (nSPS) is 15.5. The Balaban J connectivity index is 1.61. The van der Waals surface area contributed by atoms with E-state index in [0.717, 1.165) is 36.9 Å². The number of halogens is 1. The van der Waals surface area contributed by atoms with E-state index < -0.39 is 10.0 Å². The number of rotatable bonds is 6. The van der Waals surface area contributed by atoms with Gasteiger partial charge in [-0.05, 0) is 54.8 Å². The molecule has 0 amide bonds. The van der Waals surface area contributed by atoms with Gasteiger partial charge in [0.05, 0.1) is 4.90 Å². The zero-order chi connectivity index (χ0) is 17.0. The Morgan fingerprint density at radius 2 is 1.58 bits per heavy atom. The number of anilines is 1. The lowest BCUT2D eigenvalue weighted by Gasteiger charge is -2.13. The van der Waals surface area contributed by atoms with Crippen LogP contribution in [0.4, 0.5) is 10.1 Å². The summed E-state index contributed by atoms with van der Waals surface area (Å²) in [7, 11) is -3.45. The van der Waals surface area contributed by atoms with Crippen molar-refractivity contribution < 1.29 is 12.8 Å². The van der Waals surface area contributed by atoms with Gasteiger partial charge in [-0.1, -0.05) is 25.0 Å². The molecule has 128 valence electrons. The minimum atomic E-state index is -3.45. The van der Waals surface area contributed by atoms with Crippen LogP contribution in [0, 0.1) is 5.82 Å². The predicted molar refractivity (Wildman–Crippen MR) is 92.7 cm³/mol. The molecule has 0 unspecified atom stereocenters. The molecular formula is C18H21FN2O2S. The zero-order valence-corrected chi connectivity index (χ0v) is 14.2. The Morgan fingerprint density at radius 3 is 2.21 bits per heavy atom. The molecule has 4 nitrogen and oxygen atoms in total. The van der Waals surface area contributed by atoms with Crippen molar-refractivity contribution in [1.82, 2.24) is 4.72 Å². The Labute approximate surface area is 142 Å². The van der Waals surface area contributed by atoms with Crippen molar-refractivity contribution in [3.8, 4) is 0 Å². The highest BCUT2D eigenvalue weighted by Gasteiger charge is 2.22. The number of nitrogens with one attached hydrogen (secondary N) is 2. The van der Waals surface area contributed by atoms with Crippen molar-refractivity contribution in [2.75, 3.05) is 5.32 Å². The molecular weight excluding hydrogens is 327 g/mol. The molecule has 0 aromatic heterocycles. The first-order valence-corrected chi connectivity index (χ1v) is 9.62. The highest BCUT2D eigenvalue weighted by Crippen LogP contribution is 2.21. The second-order valence-corrected chi connectivity index (χ2v) is 7.82. The first kappa shape index (κ1) is 16.9. The van der Waals surface area contributed by atoms with Crippen molar-refractivity contribution in [2.45, 2.75) is 43.2 Å². The average Bonchev–Trinajstić information content (AvgIpc) is 3.07. The summed E-state index contributed by atoms with van der Waals surface area (Å²) in [5, 5.41) is 3.19. The second-order valence-electron chi connectivity index (χ2n) is 6.11. The van der Waals surface area contributed by atoms with E-state index in [1.165, 1.54) is 12.1 Å². The Kier molecular flexibility index (Phi) is 5.16. The van der Waals surface area contributed by atoms with Gasteiger partial charge in [-0.2, -0.15) is 0 Å². The Hall–Kier alpha value is -1.92. The van der Waals surface area contributed by atoms with Gasteiger partial charge in [0.2, 0.25) is 10.0 Å². The van der Waals surface area contributed by atoms with Crippen LogP contribution in [0.2, 0.25) is 0 Å². The molecule has 2 aromatic rings. The highest BCUT2D eigenvalue weighted by atomic mass is 32.2. The quantitative estimate of drug-likeness (QED) is 0.838. The maximum Gasteiger partial charge on any atom is 0.240 e. The van der Waals surface area contributed by atoms with Crippen LogP contribution < -0.4 is 10.0 Å². The number of hydrogen-bond acceptors (Lipinski definition) is 3. The van der Waals surface area contributed by atoms with E-state index in [1.807, 2.05) is 0 Å². The molecule has 0 saturated heterocycles. The van der Waals surface area contributed by atoms with Crippen LogP contribution in [0.15, 0.2) is 53.4 Å². The standard InChI is InChI=1S/C18H21FN2O2S/c19-15-7-5-14(6-8-15)13-20-16-9-11-18(12-10-16)24(22,23)21-17-3-1-2-4-17/h5-12,17,20-21H,1-4,13H2. The first-order valence-electron chi connectivity index (χ1n) is 8.14. The van der Waals surface area contributed by atoms with Crippen molar-refractivity contribution in [3.63, 3.8) is 0 Å². The van der Waals surface area contributed by atoms with E-state index in [2.05, 4.69) is 10.0 Å². The summed E-state index contributed by atoms with van der Waals surface area (Å²) in [5.41, 5.74) is 1.77. The smallest absolute Gasteiger partial charge is 0.240 e. The third kappa shape index (κ3) is 4.33. The van der Waals surface area contributed by atoms with Gasteiger partial charge in [0.25, 0.3) is 0 Å². The van der Waals surface area contributed by atoms with Crippen LogP contribution >= 0.6 is 0 Å². The van der Waals surface area contributed by atoms with Crippen LogP contribution in [0.1, 0.15) is 31.2 Å². The third-order valence-corrected chi connectivity index (χ3v) is 5.79. The van der Waals surface area contributed by atoms with Gasteiger partial charge in [0.1, 0.15) is 5.82 Å². The van der Waals surface area contributed by atoms with Crippen molar-refractivity contribution in [3.05, 3.63) is 59.9 Å². The van der Waals surface area contributed by atoms with E-state index in [9.17, 15) is 12.8 Å². The highest BCUT2D eigenvalue weighted by molar-refractivity contribution is 7.89. The molecule has 2 N–H and O–H groups in total. The van der Waals surface area contributed by atoms with Crippen molar-refractivity contribution in [2.24, 2.45) is 0 Å². The average molecular weight is 348 g/mol. The molecule has 0 heterocycles. The summed E-state index contributed by atoms with van der Waals surface area (Å²) in [4.78, 5) is 0.279. The summed E-state index contributed by atoms with van der Waals surface area (Å²) in [5.74, 6) is -0.261. The van der Waals surface area contributed by atoms with Gasteiger partial charge < -0.3 is 5.32 Å². The number of benzene rings is 2. The SMILES string of the molecule is O=S(=O)(NC1CCCC1)c1ccc(NCc2ccc(F)cc2)cc1. The maximum absolute atomic E-state index is 12.9. The molecule has 24 heavy (non-hydrogen) atoms. The Morgan fingerprint density at radius 1 is 0.958 bits per heavy atom. The largest absolute Gasteiger partial charge is 0.381 e. The van der Waals surface area contributed by atoms with Crippen LogP contribution in [-0.2, 0) is 16.6 Å². The van der Waals surface area contributed by atoms with E-state index >= 15 is 0 Å². The van der Waals surface area contributed by atoms with Gasteiger partial charge in [-0.3, -0.25) is 0 Å². The summed E-state index contributed by atoms with van der Waals surface area (Å²) in [6.07, 6.45) is 3.99. The number of sulfonamides is 1. The van der Waals surface area contributed by atoms with Crippen molar-refractivity contribution >= 4 is 15.7 Å². The molecule has 1 saturated carbocycles. The van der Waals surface area contributed by atoms with Crippen LogP contribution in [-0.4, -0.2) is 14.5 Å². The van der Waals surface area contributed by atoms with Crippen LogP contribution in [0.5, 0.6) is 0 Å². The maximum atomic E-state index is 12.9. The monoisotopic (exact) mass is 348 g/mol. The first-order chi connectivity index (χ1) is 11.5. The summed E-state index contributed by atoms with van der Waals surface area (Å²) in [6, 6.07) is 13.0. The van der Waals surface area contributed by atoms with Gasteiger partial charge in [0, 0.05) is 18.3 Å². The molecule has 1 fully saturated rings. The lowest BCUT2D eigenvalue weighted by Crippen LogP contribution is -2.32. The minimum absolute atomic E-state index is 0.0614. The molecule has 1 aliphatic rings. The molecule has 2 aromatic carbocycles. The molecule has 0 atom stereocenters. The molecule has 6 heteroatoms. The fraction of sp³-hybridized carbons (Fsp3) is 0.333. The zero-order valence-electron chi connectivity index (χ0n) is 13.3. The molecule has 0 bridgehead atoms. The summed E-state index contributed by atoms with van der Waals surface area (Å²) in [6.45, 7) is 0.548. The summed E-state index contributed by atoms with van der Waals surface area (Å²) >= 11 is 0. The molecule has 3 rings (SSSR count). The van der Waals surface area contributed by atoms with Crippen LogP contribution in [0.3, 0.4) is 0 Å². The molecule has 0 radical (unpaired) electrons. The van der Waals surface area contributed by atoms with E-state index in [4.69, 9.17) is 0 Å². The number of hydrogen-bond donors (Lipinski definition) is 2. The lowest BCUT2D eigenvalue weighted by molar-refractivity contribution is 0.552. The van der Waals surface area contributed by atoms with Gasteiger partial charge in [-0.15, -0.1) is 0 Å². The molecule has 1 aliphatic carbocycles. The van der Waals surface area contributed by atoms with E-state index in [1.54, 1.807) is 36.4 Å². The van der Waals surface area contributed by atoms with Gasteiger partial charge in [-0.25, -0.2) is 17.5 Å². The van der Waals surface area contributed by atoms with Gasteiger partial charge in [0.15, 0.2) is 0 Å². The second kappa shape index (κ2) is 7.32. The fourth-order valence-electron chi connectivity index (χ4n) is 2.89. The van der Waals surface area contributed by atoms with Gasteiger partial charge >= 0.3 is 0 Å².